The molecule has 0 aliphatic rings. The molecule has 0 aliphatic heterocycles. The lowest BCUT2D eigenvalue weighted by molar-refractivity contribution is 0.581. The fraction of sp³-hybridized carbons (Fsp3) is 0.250. The predicted octanol–water partition coefficient (Wildman–Crippen LogP) is 1.36. The van der Waals surface area contributed by atoms with Gasteiger partial charge in [-0.1, -0.05) is 11.9 Å². The minimum atomic E-state index is 0.553. The molecule has 0 aliphatic carbocycles. The Balaban J connectivity index is 2.50. The Bertz CT molecular complexity index is 140. The van der Waals surface area contributed by atoms with Crippen LogP contribution in [0.2, 0.25) is 0 Å². The molecule has 1 rings (SSSR count). The predicted molar refractivity (Wildman–Crippen MR) is 33.6 cm³/mol. The van der Waals surface area contributed by atoms with Crippen molar-refractivity contribution in [3.05, 3.63) is 12.5 Å². The zero-order valence-electron chi connectivity index (χ0n) is 4.42. The number of nitrogens with zero attached hydrogens (tertiary/aromatic N) is 1. The Labute approximate surface area is 51.6 Å². The largest absolute Gasteiger partial charge is 0.432 e. The maximum absolute atomic E-state index is 4.83. The van der Waals surface area contributed by atoms with Crippen LogP contribution in [0.5, 0.6) is 0 Å². The standard InChI is InChI=1S/C4H6N2OS/c1-8-6-4-5-2-3-7-4/h2-3H,1H3,(H,5,6). The highest BCUT2D eigenvalue weighted by Crippen LogP contribution is 2.04. The summed E-state index contributed by atoms with van der Waals surface area (Å²) in [5, 5.41) is 0. The molecule has 0 amide bonds. The van der Waals surface area contributed by atoms with Gasteiger partial charge in [0.25, 0.3) is 0 Å². The Morgan fingerprint density at radius 2 is 2.75 bits per heavy atom. The molecule has 44 valence electrons. The molecule has 0 bridgehead atoms. The first kappa shape index (κ1) is 5.50. The van der Waals surface area contributed by atoms with Gasteiger partial charge in [0.2, 0.25) is 0 Å². The van der Waals surface area contributed by atoms with Crippen LogP contribution in [0.15, 0.2) is 16.9 Å². The molecule has 3 nitrogen and oxygen atoms in total. The minimum Gasteiger partial charge on any atom is -0.432 e. The van der Waals surface area contributed by atoms with E-state index in [1.807, 2.05) is 6.26 Å². The first-order valence-electron chi connectivity index (χ1n) is 2.12. The van der Waals surface area contributed by atoms with Gasteiger partial charge in [-0.2, -0.15) is 0 Å². The number of oxazole rings is 1. The average molecular weight is 130 g/mol. The lowest BCUT2D eigenvalue weighted by Crippen LogP contribution is -1.81. The number of hydrogen-bond donors (Lipinski definition) is 1. The summed E-state index contributed by atoms with van der Waals surface area (Å²) in [5.74, 6) is 0. The quantitative estimate of drug-likeness (QED) is 0.613. The van der Waals surface area contributed by atoms with Crippen molar-refractivity contribution in [3.8, 4) is 0 Å². The van der Waals surface area contributed by atoms with E-state index in [1.165, 1.54) is 18.2 Å². The second kappa shape index (κ2) is 2.61. The third-order valence-corrected chi connectivity index (χ3v) is 1.00. The fourth-order valence-electron chi connectivity index (χ4n) is 0.361. The van der Waals surface area contributed by atoms with E-state index in [0.29, 0.717) is 6.01 Å². The molecule has 0 saturated carbocycles. The van der Waals surface area contributed by atoms with E-state index in [-0.39, 0.29) is 0 Å². The van der Waals surface area contributed by atoms with Crippen LogP contribution in [-0.2, 0) is 0 Å². The number of aromatic nitrogens is 1. The van der Waals surface area contributed by atoms with E-state index in [2.05, 4.69) is 9.71 Å². The molecule has 0 spiro atoms. The first-order valence-corrected chi connectivity index (χ1v) is 3.34. The van der Waals surface area contributed by atoms with Gasteiger partial charge in [0.15, 0.2) is 0 Å². The molecule has 0 radical (unpaired) electrons. The van der Waals surface area contributed by atoms with E-state index < -0.39 is 0 Å². The second-order valence-electron chi connectivity index (χ2n) is 1.14. The highest BCUT2D eigenvalue weighted by atomic mass is 32.2. The van der Waals surface area contributed by atoms with Crippen molar-refractivity contribution in [1.82, 2.24) is 4.98 Å². The molecule has 1 aromatic rings. The number of rotatable bonds is 2. The molecule has 4 heteroatoms. The molecule has 1 aromatic heterocycles. The number of anilines is 1. The number of hydrogen-bond acceptors (Lipinski definition) is 4. The Morgan fingerprint density at radius 1 is 1.88 bits per heavy atom. The molecule has 1 heterocycles. The first-order chi connectivity index (χ1) is 3.93. The van der Waals surface area contributed by atoms with Crippen LogP contribution >= 0.6 is 11.9 Å². The highest BCUT2D eigenvalue weighted by Gasteiger charge is 1.88. The third kappa shape index (κ3) is 1.16. The van der Waals surface area contributed by atoms with Crippen molar-refractivity contribution in [3.63, 3.8) is 0 Å². The summed E-state index contributed by atoms with van der Waals surface area (Å²) in [4.78, 5) is 3.81. The van der Waals surface area contributed by atoms with Crippen LogP contribution in [0.25, 0.3) is 0 Å². The van der Waals surface area contributed by atoms with Gasteiger partial charge in [0, 0.05) is 6.26 Å². The summed E-state index contributed by atoms with van der Waals surface area (Å²) >= 11 is 1.45. The van der Waals surface area contributed by atoms with Gasteiger partial charge in [-0.05, 0) is 0 Å². The van der Waals surface area contributed by atoms with Crippen molar-refractivity contribution in [2.24, 2.45) is 0 Å². The monoisotopic (exact) mass is 130 g/mol. The van der Waals surface area contributed by atoms with Crippen LogP contribution in [0, 0.1) is 0 Å². The van der Waals surface area contributed by atoms with Gasteiger partial charge in [0.1, 0.15) is 6.26 Å². The number of nitrogens with one attached hydrogen (secondary N) is 1. The molecule has 0 unspecified atom stereocenters. The molecular weight excluding hydrogens is 124 g/mol. The van der Waals surface area contributed by atoms with Gasteiger partial charge < -0.3 is 4.42 Å². The third-order valence-electron chi connectivity index (χ3n) is 0.622. The van der Waals surface area contributed by atoms with Gasteiger partial charge in [-0.15, -0.1) is 0 Å². The summed E-state index contributed by atoms with van der Waals surface area (Å²) in [7, 11) is 0. The summed E-state index contributed by atoms with van der Waals surface area (Å²) in [6, 6.07) is 0.553. The average Bonchev–Trinajstić information content (AvgIpc) is 2.19. The molecule has 0 saturated heterocycles. The summed E-state index contributed by atoms with van der Waals surface area (Å²) < 4.78 is 7.66. The zero-order valence-corrected chi connectivity index (χ0v) is 5.23. The summed E-state index contributed by atoms with van der Waals surface area (Å²) in [5.41, 5.74) is 0. The maximum atomic E-state index is 4.83. The van der Waals surface area contributed by atoms with Crippen molar-refractivity contribution in [2.45, 2.75) is 0 Å². The molecule has 0 fully saturated rings. The van der Waals surface area contributed by atoms with E-state index >= 15 is 0 Å². The molecular formula is C4H6N2OS. The SMILES string of the molecule is CSNc1ncco1. The van der Waals surface area contributed by atoms with Gasteiger partial charge in [0.05, 0.1) is 6.20 Å². The van der Waals surface area contributed by atoms with Crippen LogP contribution in [0.3, 0.4) is 0 Å². The van der Waals surface area contributed by atoms with E-state index in [1.54, 1.807) is 6.20 Å². The van der Waals surface area contributed by atoms with Crippen molar-refractivity contribution < 1.29 is 4.42 Å². The topological polar surface area (TPSA) is 38.1 Å². The van der Waals surface area contributed by atoms with Crippen molar-refractivity contribution in [1.29, 1.82) is 0 Å². The molecule has 1 N–H and O–H groups in total. The molecule has 0 aromatic carbocycles. The van der Waals surface area contributed by atoms with E-state index in [4.69, 9.17) is 4.42 Å². The van der Waals surface area contributed by atoms with Crippen LogP contribution < -0.4 is 4.72 Å². The zero-order chi connectivity index (χ0) is 5.82. The van der Waals surface area contributed by atoms with Gasteiger partial charge in [-0.3, -0.25) is 4.72 Å². The van der Waals surface area contributed by atoms with Crippen molar-refractivity contribution >= 4 is 18.0 Å². The lowest BCUT2D eigenvalue weighted by atomic mass is 11.0. The van der Waals surface area contributed by atoms with Crippen LogP contribution in [0.1, 0.15) is 0 Å². The Kier molecular flexibility index (Phi) is 1.80. The van der Waals surface area contributed by atoms with Crippen molar-refractivity contribution in [2.75, 3.05) is 11.0 Å². The summed E-state index contributed by atoms with van der Waals surface area (Å²) in [6.45, 7) is 0. The minimum absolute atomic E-state index is 0.553. The van der Waals surface area contributed by atoms with E-state index in [0.717, 1.165) is 0 Å². The normalized spacial score (nSPS) is 9.12. The summed E-state index contributed by atoms with van der Waals surface area (Å²) in [6.07, 6.45) is 5.03. The fourth-order valence-corrected chi connectivity index (χ4v) is 0.637. The Morgan fingerprint density at radius 3 is 3.25 bits per heavy atom. The van der Waals surface area contributed by atoms with E-state index in [9.17, 15) is 0 Å². The molecule has 8 heavy (non-hydrogen) atoms. The maximum Gasteiger partial charge on any atom is 0.304 e. The second-order valence-corrected chi connectivity index (χ2v) is 1.76. The van der Waals surface area contributed by atoms with Gasteiger partial charge >= 0.3 is 6.01 Å². The van der Waals surface area contributed by atoms with Crippen LogP contribution in [-0.4, -0.2) is 11.2 Å². The smallest absolute Gasteiger partial charge is 0.304 e. The lowest BCUT2D eigenvalue weighted by Gasteiger charge is -1.89. The van der Waals surface area contributed by atoms with Crippen LogP contribution in [0.4, 0.5) is 6.01 Å². The Hall–Kier alpha value is -0.640. The highest BCUT2D eigenvalue weighted by molar-refractivity contribution is 7.99. The van der Waals surface area contributed by atoms with Gasteiger partial charge in [-0.25, -0.2) is 4.98 Å². The molecule has 0 atom stereocenters.